The third-order valence-electron chi connectivity index (χ3n) is 3.52. The van der Waals surface area contributed by atoms with Crippen LogP contribution in [0.15, 0.2) is 47.1 Å². The van der Waals surface area contributed by atoms with Gasteiger partial charge in [-0.05, 0) is 25.2 Å². The van der Waals surface area contributed by atoms with Crippen LogP contribution in [0.3, 0.4) is 0 Å². The van der Waals surface area contributed by atoms with E-state index in [0.29, 0.717) is 4.68 Å². The summed E-state index contributed by atoms with van der Waals surface area (Å²) < 4.78 is 46.1. The number of rotatable bonds is 3. The number of ether oxygens (including phenoxy) is 1. The highest BCUT2D eigenvalue weighted by Gasteiger charge is 2.42. The highest BCUT2D eigenvalue weighted by molar-refractivity contribution is 5.92. The molecule has 0 fully saturated rings. The molecule has 26 heavy (non-hydrogen) atoms. The minimum absolute atomic E-state index is 0.00859. The number of fused-ring (bicyclic) bond motifs is 1. The van der Waals surface area contributed by atoms with Gasteiger partial charge in [-0.3, -0.25) is 4.90 Å². The maximum absolute atomic E-state index is 13.6. The van der Waals surface area contributed by atoms with Gasteiger partial charge in [-0.1, -0.05) is 0 Å². The molecule has 0 atom stereocenters. The predicted molar refractivity (Wildman–Crippen MR) is 84.2 cm³/mol. The number of alkyl halides is 3. The molecule has 1 aromatic rings. The summed E-state index contributed by atoms with van der Waals surface area (Å²) in [5.74, 6) is 0.372. The molecular formula is C16H11F3N4O3. The number of hydrogen-bond donors (Lipinski definition) is 0. The van der Waals surface area contributed by atoms with E-state index in [-0.39, 0.29) is 23.8 Å². The van der Waals surface area contributed by atoms with Crippen LogP contribution in [0.4, 0.5) is 13.2 Å². The third-order valence-corrected chi connectivity index (χ3v) is 3.52. The van der Waals surface area contributed by atoms with Crippen molar-refractivity contribution in [2.45, 2.75) is 13.1 Å². The van der Waals surface area contributed by atoms with Gasteiger partial charge in [-0.2, -0.15) is 18.3 Å². The molecule has 134 valence electrons. The molecule has 1 aromatic heterocycles. The van der Waals surface area contributed by atoms with Crippen molar-refractivity contribution in [2.24, 2.45) is 4.99 Å². The summed E-state index contributed by atoms with van der Waals surface area (Å²) in [6.45, 7) is 1.41. The van der Waals surface area contributed by atoms with E-state index < -0.39 is 23.4 Å². The van der Waals surface area contributed by atoms with E-state index in [0.717, 1.165) is 6.20 Å². The standard InChI is InChI=1S/C16H11F3N4O3/c1-2-26-15(25)10-8-21-23(14(10)16(17,18)19)12-4-3-7-22-11(12)5-6-20-13(22)9-24/h3-8H,2H2,1H3. The molecule has 2 aliphatic rings. The Kier molecular flexibility index (Phi) is 4.35. The maximum atomic E-state index is 13.6. The highest BCUT2D eigenvalue weighted by Crippen LogP contribution is 2.37. The normalized spacial score (nSPS) is 16.0. The van der Waals surface area contributed by atoms with E-state index in [4.69, 9.17) is 0 Å². The topological polar surface area (TPSA) is 76.8 Å². The van der Waals surface area contributed by atoms with Gasteiger partial charge in [0.25, 0.3) is 0 Å². The third kappa shape index (κ3) is 2.86. The molecule has 0 bridgehead atoms. The number of hydrogen-bond acceptors (Lipinski definition) is 6. The lowest BCUT2D eigenvalue weighted by atomic mass is 10.1. The molecule has 7 nitrogen and oxygen atoms in total. The molecule has 0 radical (unpaired) electrons. The summed E-state index contributed by atoms with van der Waals surface area (Å²) in [7, 11) is 0. The summed E-state index contributed by atoms with van der Waals surface area (Å²) in [6, 6.07) is 0. The van der Waals surface area contributed by atoms with Crippen LogP contribution in [0.2, 0.25) is 0 Å². The van der Waals surface area contributed by atoms with Gasteiger partial charge in [0.15, 0.2) is 11.6 Å². The van der Waals surface area contributed by atoms with E-state index in [1.165, 1.54) is 42.5 Å². The van der Waals surface area contributed by atoms with Crippen LogP contribution in [-0.2, 0) is 15.7 Å². The summed E-state index contributed by atoms with van der Waals surface area (Å²) >= 11 is 0. The zero-order valence-electron chi connectivity index (χ0n) is 13.3. The Hall–Kier alpha value is -3.39. The fraction of sp³-hybridized carbons (Fsp3) is 0.188. The molecule has 2 aliphatic heterocycles. The molecule has 0 saturated heterocycles. The SMILES string of the molecule is CCOC(=O)c1cnn(C2=CC=CN3C(=C=O)N=CC=C23)c1C(F)(F)F. The van der Waals surface area contributed by atoms with Gasteiger partial charge in [-0.15, -0.1) is 0 Å². The lowest BCUT2D eigenvalue weighted by molar-refractivity contribution is -0.143. The first-order chi connectivity index (χ1) is 12.4. The first-order valence-corrected chi connectivity index (χ1v) is 7.38. The summed E-state index contributed by atoms with van der Waals surface area (Å²) in [5, 5.41) is 3.73. The highest BCUT2D eigenvalue weighted by atomic mass is 19.4. The van der Waals surface area contributed by atoms with Crippen LogP contribution in [-0.4, -0.2) is 39.4 Å². The molecular weight excluding hydrogens is 353 g/mol. The number of halogens is 3. The smallest absolute Gasteiger partial charge is 0.434 e. The summed E-state index contributed by atoms with van der Waals surface area (Å²) in [5.41, 5.74) is -1.73. The van der Waals surface area contributed by atoms with Gasteiger partial charge in [0, 0.05) is 12.4 Å². The van der Waals surface area contributed by atoms with Crippen LogP contribution in [0.1, 0.15) is 23.0 Å². The number of allylic oxidation sites excluding steroid dienone is 4. The van der Waals surface area contributed by atoms with E-state index in [9.17, 15) is 22.8 Å². The van der Waals surface area contributed by atoms with Gasteiger partial charge in [0.1, 0.15) is 5.56 Å². The molecule has 0 unspecified atom stereocenters. The quantitative estimate of drug-likeness (QED) is 0.608. The Morgan fingerprint density at radius 1 is 1.31 bits per heavy atom. The molecule has 3 rings (SSSR count). The van der Waals surface area contributed by atoms with Crippen molar-refractivity contribution in [3.8, 4) is 0 Å². The van der Waals surface area contributed by atoms with Gasteiger partial charge < -0.3 is 4.74 Å². The number of carbonyl (C=O) groups excluding carboxylic acids is 2. The van der Waals surface area contributed by atoms with Crippen molar-refractivity contribution in [1.29, 1.82) is 0 Å². The molecule has 3 heterocycles. The summed E-state index contributed by atoms with van der Waals surface area (Å²) in [6.07, 6.45) is 2.88. The zero-order valence-corrected chi connectivity index (χ0v) is 13.3. The molecule has 0 aromatic carbocycles. The number of aliphatic imine (C=N–C) groups is 1. The van der Waals surface area contributed by atoms with Gasteiger partial charge >= 0.3 is 12.1 Å². The first kappa shape index (κ1) is 17.4. The van der Waals surface area contributed by atoms with Gasteiger partial charge in [0.05, 0.1) is 24.2 Å². The van der Waals surface area contributed by atoms with Crippen LogP contribution in [0.5, 0.6) is 0 Å². The second-order valence-corrected chi connectivity index (χ2v) is 5.06. The van der Waals surface area contributed by atoms with Crippen LogP contribution in [0.25, 0.3) is 5.70 Å². The minimum atomic E-state index is -4.86. The molecule has 0 spiro atoms. The fourth-order valence-corrected chi connectivity index (χ4v) is 2.52. The van der Waals surface area contributed by atoms with Crippen molar-refractivity contribution >= 4 is 23.8 Å². The number of nitrogens with zero attached hydrogens (tertiary/aromatic N) is 4. The van der Waals surface area contributed by atoms with Gasteiger partial charge in [0.2, 0.25) is 5.82 Å². The van der Waals surface area contributed by atoms with E-state index in [1.807, 2.05) is 0 Å². The van der Waals surface area contributed by atoms with Crippen molar-refractivity contribution in [3.63, 3.8) is 0 Å². The summed E-state index contributed by atoms with van der Waals surface area (Å²) in [4.78, 5) is 27.9. The predicted octanol–water partition coefficient (Wildman–Crippen LogP) is 2.39. The van der Waals surface area contributed by atoms with E-state index >= 15 is 0 Å². The van der Waals surface area contributed by atoms with Crippen molar-refractivity contribution in [3.05, 3.63) is 53.4 Å². The molecule has 0 saturated carbocycles. The Balaban J connectivity index is 2.16. The van der Waals surface area contributed by atoms with Crippen molar-refractivity contribution in [1.82, 2.24) is 14.7 Å². The van der Waals surface area contributed by atoms with Gasteiger partial charge in [-0.25, -0.2) is 19.3 Å². The molecule has 0 amide bonds. The molecule has 10 heteroatoms. The average Bonchev–Trinajstić information content (AvgIpc) is 3.06. The second-order valence-electron chi connectivity index (χ2n) is 5.06. The van der Waals surface area contributed by atoms with Crippen LogP contribution < -0.4 is 0 Å². The largest absolute Gasteiger partial charge is 0.462 e. The monoisotopic (exact) mass is 364 g/mol. The lowest BCUT2D eigenvalue weighted by Crippen LogP contribution is -2.26. The van der Waals surface area contributed by atoms with Crippen LogP contribution >= 0.6 is 0 Å². The Bertz CT molecular complexity index is 931. The number of esters is 1. The lowest BCUT2D eigenvalue weighted by Gasteiger charge is -2.28. The van der Waals surface area contributed by atoms with Crippen molar-refractivity contribution in [2.75, 3.05) is 6.61 Å². The second kappa shape index (κ2) is 6.49. The number of carbonyl (C=O) groups is 1. The van der Waals surface area contributed by atoms with Crippen molar-refractivity contribution < 1.29 is 27.5 Å². The van der Waals surface area contributed by atoms with Crippen LogP contribution in [0, 0.1) is 0 Å². The molecule has 0 aliphatic carbocycles. The zero-order chi connectivity index (χ0) is 18.9. The average molecular weight is 364 g/mol. The Labute approximate surface area is 145 Å². The first-order valence-electron chi connectivity index (χ1n) is 7.38. The minimum Gasteiger partial charge on any atom is -0.462 e. The Morgan fingerprint density at radius 3 is 2.73 bits per heavy atom. The maximum Gasteiger partial charge on any atom is 0.434 e. The van der Waals surface area contributed by atoms with E-state index in [1.54, 1.807) is 5.94 Å². The fourth-order valence-electron chi connectivity index (χ4n) is 2.52. The van der Waals surface area contributed by atoms with E-state index in [2.05, 4.69) is 14.8 Å². The Morgan fingerprint density at radius 2 is 2.08 bits per heavy atom. The molecule has 0 N–H and O–H groups in total. The number of aromatic nitrogens is 2.